The maximum atomic E-state index is 7.70. The van der Waals surface area contributed by atoms with Gasteiger partial charge in [-0.15, -0.1) is 0 Å². The quantitative estimate of drug-likeness (QED) is 0.0603. The second-order valence-corrected chi connectivity index (χ2v) is 11.3. The summed E-state index contributed by atoms with van der Waals surface area (Å²) in [7, 11) is 0. The number of ether oxygens (including phenoxy) is 2. The summed E-state index contributed by atoms with van der Waals surface area (Å²) in [5, 5.41) is 22.2. The van der Waals surface area contributed by atoms with Gasteiger partial charge >= 0.3 is 0 Å². The Bertz CT molecular complexity index is 1570. The highest BCUT2D eigenvalue weighted by atomic mass is 16.5. The summed E-state index contributed by atoms with van der Waals surface area (Å²) in [4.78, 5) is 0. The molecule has 0 aliphatic carbocycles. The van der Waals surface area contributed by atoms with E-state index < -0.39 is 0 Å². The Morgan fingerprint density at radius 2 is 0.783 bits per heavy atom. The zero-order valence-electron chi connectivity index (χ0n) is 26.2. The fourth-order valence-corrected chi connectivity index (χ4v) is 4.85. The minimum atomic E-state index is 0.0532. The van der Waals surface area contributed by atoms with Crippen LogP contribution in [0.5, 0.6) is 11.5 Å². The number of benzene rings is 5. The van der Waals surface area contributed by atoms with Crippen molar-refractivity contribution in [2.24, 2.45) is 5.73 Å². The summed E-state index contributed by atoms with van der Waals surface area (Å²) >= 11 is 0. The van der Waals surface area contributed by atoms with Gasteiger partial charge in [0.25, 0.3) is 0 Å². The lowest BCUT2D eigenvalue weighted by atomic mass is 10.1. The van der Waals surface area contributed by atoms with Gasteiger partial charge in [-0.3, -0.25) is 5.41 Å². The van der Waals surface area contributed by atoms with Crippen LogP contribution in [0.4, 0.5) is 0 Å². The third-order valence-electron chi connectivity index (χ3n) is 7.65. The molecule has 6 N–H and O–H groups in total. The summed E-state index contributed by atoms with van der Waals surface area (Å²) in [5.74, 6) is 1.61. The molecule has 0 saturated carbocycles. The number of nitrogen functional groups attached to an aromatic ring is 1. The fourth-order valence-electron chi connectivity index (χ4n) is 4.85. The molecule has 0 bridgehead atoms. The second-order valence-electron chi connectivity index (χ2n) is 11.3. The van der Waals surface area contributed by atoms with Crippen LogP contribution >= 0.6 is 0 Å². The summed E-state index contributed by atoms with van der Waals surface area (Å²) < 4.78 is 11.7. The lowest BCUT2D eigenvalue weighted by molar-refractivity contribution is 0.306. The average molecular weight is 612 g/mol. The van der Waals surface area contributed by atoms with Crippen molar-refractivity contribution in [3.05, 3.63) is 166 Å². The molecule has 5 aromatic carbocycles. The van der Waals surface area contributed by atoms with Crippen molar-refractivity contribution in [1.29, 1.82) is 10.8 Å². The highest BCUT2D eigenvalue weighted by Crippen LogP contribution is 2.16. The monoisotopic (exact) mass is 611 g/mol. The van der Waals surface area contributed by atoms with Gasteiger partial charge in [-0.2, -0.15) is 0 Å². The highest BCUT2D eigenvalue weighted by molar-refractivity contribution is 5.96. The van der Waals surface area contributed by atoms with E-state index in [-0.39, 0.29) is 5.84 Å². The Balaban J connectivity index is 0.967. The molecule has 0 amide bonds. The van der Waals surface area contributed by atoms with Crippen LogP contribution in [0.15, 0.2) is 121 Å². The molecule has 7 heteroatoms. The van der Waals surface area contributed by atoms with Crippen molar-refractivity contribution in [3.8, 4) is 11.5 Å². The topological polar surface area (TPSA) is 116 Å². The zero-order valence-corrected chi connectivity index (χ0v) is 26.2. The van der Waals surface area contributed by atoms with Crippen LogP contribution in [0.25, 0.3) is 0 Å². The zero-order chi connectivity index (χ0) is 32.1. The molecule has 46 heavy (non-hydrogen) atoms. The Hall–Kier alpha value is -5.24. The van der Waals surface area contributed by atoms with Gasteiger partial charge in [-0.1, -0.05) is 72.8 Å². The number of nitrogens with two attached hydrogens (primary N) is 1. The summed E-state index contributed by atoms with van der Waals surface area (Å²) in [6.07, 6.45) is 0. The van der Waals surface area contributed by atoms with Crippen molar-refractivity contribution in [2.45, 2.75) is 46.3 Å². The van der Waals surface area contributed by atoms with E-state index >= 15 is 0 Å². The third-order valence-corrected chi connectivity index (χ3v) is 7.65. The first kappa shape index (κ1) is 32.2. The Labute approximate surface area is 271 Å². The van der Waals surface area contributed by atoms with Crippen molar-refractivity contribution in [2.75, 3.05) is 0 Å². The molecule has 5 rings (SSSR count). The molecule has 0 spiro atoms. The molecule has 0 atom stereocenters. The number of hydrogen-bond donors (Lipinski definition) is 5. The minimum absolute atomic E-state index is 0.0532. The van der Waals surface area contributed by atoms with Crippen LogP contribution in [0.2, 0.25) is 0 Å². The van der Waals surface area contributed by atoms with Crippen LogP contribution in [-0.4, -0.2) is 11.5 Å². The SMILES string of the molecule is CC(=N)c1ccc(OCc2ccc(CNCc3ccc(CNCc4ccc(COc5ccc(C(=N)N)cc5)cc4)cc3)cc2)cc1. The number of rotatable bonds is 16. The molecule has 7 nitrogen and oxygen atoms in total. The van der Waals surface area contributed by atoms with E-state index in [0.717, 1.165) is 54.4 Å². The first-order valence-corrected chi connectivity index (χ1v) is 15.4. The molecule has 5 aromatic rings. The van der Waals surface area contributed by atoms with Crippen molar-refractivity contribution >= 4 is 11.5 Å². The van der Waals surface area contributed by atoms with E-state index in [4.69, 9.17) is 26.0 Å². The summed E-state index contributed by atoms with van der Waals surface area (Å²) in [6, 6.07) is 40.6. The van der Waals surface area contributed by atoms with E-state index in [1.807, 2.05) is 36.4 Å². The largest absolute Gasteiger partial charge is 0.489 e. The van der Waals surface area contributed by atoms with Crippen LogP contribution in [0, 0.1) is 10.8 Å². The lowest BCUT2D eigenvalue weighted by Crippen LogP contribution is -2.14. The van der Waals surface area contributed by atoms with Crippen molar-refractivity contribution < 1.29 is 9.47 Å². The van der Waals surface area contributed by atoms with E-state index in [1.165, 1.54) is 22.3 Å². The second kappa shape index (κ2) is 16.2. The van der Waals surface area contributed by atoms with Crippen molar-refractivity contribution in [3.63, 3.8) is 0 Å². The average Bonchev–Trinajstić information content (AvgIpc) is 3.08. The van der Waals surface area contributed by atoms with Gasteiger partial charge in [0.05, 0.1) is 0 Å². The Morgan fingerprint density at radius 3 is 1.09 bits per heavy atom. The fraction of sp³-hybridized carbons (Fsp3) is 0.179. The highest BCUT2D eigenvalue weighted by Gasteiger charge is 2.03. The predicted molar refractivity (Wildman–Crippen MR) is 185 cm³/mol. The predicted octanol–water partition coefficient (Wildman–Crippen LogP) is 7.10. The molecule has 0 saturated heterocycles. The minimum Gasteiger partial charge on any atom is -0.489 e. The molecule has 234 valence electrons. The van der Waals surface area contributed by atoms with Crippen LogP contribution < -0.4 is 25.8 Å². The molecule has 0 radical (unpaired) electrons. The first-order valence-electron chi connectivity index (χ1n) is 15.4. The normalized spacial score (nSPS) is 10.8. The van der Waals surface area contributed by atoms with E-state index in [9.17, 15) is 0 Å². The lowest BCUT2D eigenvalue weighted by Gasteiger charge is -2.10. The van der Waals surface area contributed by atoms with E-state index in [2.05, 4.69) is 83.4 Å². The molecule has 0 aromatic heterocycles. The molecular weight excluding hydrogens is 570 g/mol. The summed E-state index contributed by atoms with van der Waals surface area (Å²) in [6.45, 7) is 5.99. The van der Waals surface area contributed by atoms with Gasteiger partial charge in [0.1, 0.15) is 30.5 Å². The van der Waals surface area contributed by atoms with Gasteiger partial charge < -0.3 is 31.3 Å². The first-order chi connectivity index (χ1) is 22.4. The number of amidine groups is 1. The van der Waals surface area contributed by atoms with Gasteiger partial charge in [0.15, 0.2) is 0 Å². The van der Waals surface area contributed by atoms with Gasteiger partial charge in [0.2, 0.25) is 0 Å². The third kappa shape index (κ3) is 9.89. The van der Waals surface area contributed by atoms with Gasteiger partial charge in [0, 0.05) is 37.5 Å². The maximum absolute atomic E-state index is 7.70. The van der Waals surface area contributed by atoms with Crippen LogP contribution in [0.1, 0.15) is 51.4 Å². The Morgan fingerprint density at radius 1 is 0.478 bits per heavy atom. The maximum Gasteiger partial charge on any atom is 0.122 e. The molecule has 0 aliphatic rings. The molecule has 0 unspecified atom stereocenters. The van der Waals surface area contributed by atoms with Crippen LogP contribution in [-0.2, 0) is 39.4 Å². The van der Waals surface area contributed by atoms with E-state index in [1.54, 1.807) is 19.1 Å². The number of nitrogens with one attached hydrogen (secondary N) is 4. The smallest absolute Gasteiger partial charge is 0.122 e. The molecule has 0 fully saturated rings. The van der Waals surface area contributed by atoms with E-state index in [0.29, 0.717) is 24.5 Å². The van der Waals surface area contributed by atoms with Crippen molar-refractivity contribution in [1.82, 2.24) is 10.6 Å². The van der Waals surface area contributed by atoms with Crippen LogP contribution in [0.3, 0.4) is 0 Å². The van der Waals surface area contributed by atoms with Gasteiger partial charge in [-0.25, -0.2) is 0 Å². The number of hydrogen-bond acceptors (Lipinski definition) is 6. The standard InChI is InChI=1S/C39H41N5O2/c1-28(40)35-14-18-37(19-15-35)45-26-33-10-6-31(7-11-33)24-43-22-29-2-4-30(5-3-29)23-44-25-32-8-12-34(13-9-32)27-46-38-20-16-36(17-21-38)39(41)42/h2-21,40,43-44H,22-27H2,1H3,(H3,41,42). The molecular formula is C39H41N5O2. The Kier molecular flexibility index (Phi) is 11.3. The molecule has 0 heterocycles. The molecule has 0 aliphatic heterocycles. The van der Waals surface area contributed by atoms with Gasteiger partial charge in [-0.05, 0) is 94.4 Å². The summed E-state index contributed by atoms with van der Waals surface area (Å²) in [5.41, 5.74) is 14.8.